The highest BCUT2D eigenvalue weighted by Crippen LogP contribution is 2.22. The summed E-state index contributed by atoms with van der Waals surface area (Å²) in [5.74, 6) is -0.713. The number of amides is 1. The highest BCUT2D eigenvalue weighted by molar-refractivity contribution is 5.95. The van der Waals surface area contributed by atoms with Crippen molar-refractivity contribution in [2.45, 2.75) is 31.8 Å². The number of benzene rings is 1. The molecule has 0 aliphatic carbocycles. The standard InChI is InChI=1S/C19H19FN4O/c20-17-7-6-16(10-15(17)11-21)23-19(25)18-5-1-2-9-24(18)13-14-4-3-8-22-12-14/h3-4,6-8,10,12,18H,1-2,5,9,13H2,(H,23,25)/t18-/m1/s1. The highest BCUT2D eigenvalue weighted by Gasteiger charge is 2.28. The number of carbonyl (C=O) groups excluding carboxylic acids is 1. The summed E-state index contributed by atoms with van der Waals surface area (Å²) < 4.78 is 13.4. The predicted octanol–water partition coefficient (Wildman–Crippen LogP) is 3.09. The average molecular weight is 338 g/mol. The van der Waals surface area contributed by atoms with Crippen LogP contribution >= 0.6 is 0 Å². The van der Waals surface area contributed by atoms with Crippen molar-refractivity contribution in [3.05, 3.63) is 59.7 Å². The lowest BCUT2D eigenvalue weighted by atomic mass is 10.0. The van der Waals surface area contributed by atoms with E-state index in [1.165, 1.54) is 18.2 Å². The lowest BCUT2D eigenvalue weighted by Crippen LogP contribution is -2.46. The number of piperidine rings is 1. The maximum absolute atomic E-state index is 13.4. The normalized spacial score (nSPS) is 17.7. The number of nitrogens with zero attached hydrogens (tertiary/aromatic N) is 3. The summed E-state index contributed by atoms with van der Waals surface area (Å²) in [7, 11) is 0. The Hall–Kier alpha value is -2.78. The Balaban J connectivity index is 1.71. The van der Waals surface area contributed by atoms with Gasteiger partial charge in [-0.1, -0.05) is 12.5 Å². The van der Waals surface area contributed by atoms with E-state index in [0.717, 1.165) is 31.4 Å². The number of nitriles is 1. The van der Waals surface area contributed by atoms with E-state index in [1.807, 2.05) is 18.3 Å². The summed E-state index contributed by atoms with van der Waals surface area (Å²) in [6.07, 6.45) is 6.36. The molecular formula is C19H19FN4O. The van der Waals surface area contributed by atoms with Gasteiger partial charge in [-0.15, -0.1) is 0 Å². The number of likely N-dealkylation sites (tertiary alicyclic amines) is 1. The number of halogens is 1. The number of hydrogen-bond donors (Lipinski definition) is 1. The lowest BCUT2D eigenvalue weighted by molar-refractivity contribution is -0.122. The van der Waals surface area contributed by atoms with Crippen LogP contribution in [0.1, 0.15) is 30.4 Å². The molecule has 1 aliphatic heterocycles. The van der Waals surface area contributed by atoms with Gasteiger partial charge in [-0.25, -0.2) is 4.39 Å². The van der Waals surface area contributed by atoms with E-state index in [0.29, 0.717) is 12.2 Å². The minimum atomic E-state index is -0.587. The monoisotopic (exact) mass is 338 g/mol. The Morgan fingerprint density at radius 2 is 2.28 bits per heavy atom. The van der Waals surface area contributed by atoms with Crippen LogP contribution in [0.5, 0.6) is 0 Å². The molecule has 3 rings (SSSR count). The van der Waals surface area contributed by atoms with Crippen LogP contribution in [0, 0.1) is 17.1 Å². The molecule has 1 saturated heterocycles. The van der Waals surface area contributed by atoms with Crippen molar-refractivity contribution >= 4 is 11.6 Å². The molecule has 1 N–H and O–H groups in total. The van der Waals surface area contributed by atoms with Gasteiger partial charge in [0.25, 0.3) is 0 Å². The summed E-state index contributed by atoms with van der Waals surface area (Å²) in [6, 6.07) is 9.46. The van der Waals surface area contributed by atoms with Crippen LogP contribution in [-0.4, -0.2) is 28.4 Å². The van der Waals surface area contributed by atoms with E-state index in [4.69, 9.17) is 5.26 Å². The van der Waals surface area contributed by atoms with Gasteiger partial charge in [0.05, 0.1) is 11.6 Å². The fraction of sp³-hybridized carbons (Fsp3) is 0.316. The molecule has 1 atom stereocenters. The van der Waals surface area contributed by atoms with Crippen LogP contribution in [-0.2, 0) is 11.3 Å². The molecule has 5 nitrogen and oxygen atoms in total. The molecule has 1 fully saturated rings. The van der Waals surface area contributed by atoms with Crippen LogP contribution in [0.15, 0.2) is 42.7 Å². The zero-order chi connectivity index (χ0) is 17.6. The summed E-state index contributed by atoms with van der Waals surface area (Å²) in [5.41, 5.74) is 1.43. The highest BCUT2D eigenvalue weighted by atomic mass is 19.1. The van der Waals surface area contributed by atoms with Crippen molar-refractivity contribution in [3.63, 3.8) is 0 Å². The molecular weight excluding hydrogens is 319 g/mol. The van der Waals surface area contributed by atoms with Crippen molar-refractivity contribution < 1.29 is 9.18 Å². The summed E-state index contributed by atoms with van der Waals surface area (Å²) in [6.45, 7) is 1.51. The Morgan fingerprint density at radius 3 is 3.04 bits per heavy atom. The number of anilines is 1. The average Bonchev–Trinajstić information content (AvgIpc) is 2.64. The molecule has 2 aromatic rings. The largest absolute Gasteiger partial charge is 0.325 e. The molecule has 1 aromatic carbocycles. The second-order valence-corrected chi connectivity index (χ2v) is 6.14. The first-order valence-electron chi connectivity index (χ1n) is 8.31. The number of nitrogens with one attached hydrogen (secondary N) is 1. The SMILES string of the molecule is N#Cc1cc(NC(=O)[C@H]2CCCCN2Cc2cccnc2)ccc1F. The summed E-state index contributed by atoms with van der Waals surface area (Å²) in [4.78, 5) is 19.0. The number of pyridine rings is 1. The van der Waals surface area contributed by atoms with Gasteiger partial charge in [-0.3, -0.25) is 14.7 Å². The van der Waals surface area contributed by atoms with Gasteiger partial charge in [0, 0.05) is 24.6 Å². The van der Waals surface area contributed by atoms with Gasteiger partial charge in [0.1, 0.15) is 11.9 Å². The van der Waals surface area contributed by atoms with Crippen LogP contribution < -0.4 is 5.32 Å². The lowest BCUT2D eigenvalue weighted by Gasteiger charge is -2.34. The quantitative estimate of drug-likeness (QED) is 0.930. The molecule has 0 spiro atoms. The van der Waals surface area contributed by atoms with Crippen molar-refractivity contribution in [2.75, 3.05) is 11.9 Å². The van der Waals surface area contributed by atoms with E-state index in [9.17, 15) is 9.18 Å². The Labute approximate surface area is 146 Å². The van der Waals surface area contributed by atoms with E-state index < -0.39 is 5.82 Å². The molecule has 6 heteroatoms. The summed E-state index contributed by atoms with van der Waals surface area (Å²) >= 11 is 0. The first-order valence-corrected chi connectivity index (χ1v) is 8.31. The van der Waals surface area contributed by atoms with E-state index >= 15 is 0 Å². The van der Waals surface area contributed by atoms with Crippen LogP contribution in [0.25, 0.3) is 0 Å². The molecule has 2 heterocycles. The molecule has 128 valence electrons. The van der Waals surface area contributed by atoms with Gasteiger partial charge < -0.3 is 5.32 Å². The Kier molecular flexibility index (Phi) is 5.36. The topological polar surface area (TPSA) is 69.0 Å². The van der Waals surface area contributed by atoms with Gasteiger partial charge in [-0.05, 0) is 49.2 Å². The van der Waals surface area contributed by atoms with E-state index in [1.54, 1.807) is 12.3 Å². The first kappa shape index (κ1) is 17.1. The number of aromatic nitrogens is 1. The molecule has 1 amide bonds. The fourth-order valence-electron chi connectivity index (χ4n) is 3.12. The third-order valence-corrected chi connectivity index (χ3v) is 4.38. The van der Waals surface area contributed by atoms with Crippen molar-refractivity contribution in [1.82, 2.24) is 9.88 Å². The molecule has 1 aliphatic rings. The third-order valence-electron chi connectivity index (χ3n) is 4.38. The van der Waals surface area contributed by atoms with Crippen LogP contribution in [0.3, 0.4) is 0 Å². The van der Waals surface area contributed by atoms with Gasteiger partial charge in [0.2, 0.25) is 5.91 Å². The minimum Gasteiger partial charge on any atom is -0.325 e. The maximum atomic E-state index is 13.4. The first-order chi connectivity index (χ1) is 12.2. The molecule has 25 heavy (non-hydrogen) atoms. The van der Waals surface area contributed by atoms with Crippen molar-refractivity contribution in [1.29, 1.82) is 5.26 Å². The van der Waals surface area contributed by atoms with Crippen molar-refractivity contribution in [2.24, 2.45) is 0 Å². The van der Waals surface area contributed by atoms with Crippen LogP contribution in [0.4, 0.5) is 10.1 Å². The smallest absolute Gasteiger partial charge is 0.241 e. The minimum absolute atomic E-state index is 0.0753. The zero-order valence-electron chi connectivity index (χ0n) is 13.8. The molecule has 0 unspecified atom stereocenters. The van der Waals surface area contributed by atoms with Gasteiger partial charge >= 0.3 is 0 Å². The second-order valence-electron chi connectivity index (χ2n) is 6.14. The van der Waals surface area contributed by atoms with Crippen LogP contribution in [0.2, 0.25) is 0 Å². The Bertz CT molecular complexity index is 788. The predicted molar refractivity (Wildman–Crippen MR) is 92.0 cm³/mol. The number of rotatable bonds is 4. The van der Waals surface area contributed by atoms with Crippen molar-refractivity contribution in [3.8, 4) is 6.07 Å². The Morgan fingerprint density at radius 1 is 1.40 bits per heavy atom. The van der Waals surface area contributed by atoms with E-state index in [2.05, 4.69) is 15.2 Å². The maximum Gasteiger partial charge on any atom is 0.241 e. The number of hydrogen-bond acceptors (Lipinski definition) is 4. The summed E-state index contributed by atoms with van der Waals surface area (Å²) in [5, 5.41) is 11.7. The zero-order valence-corrected chi connectivity index (χ0v) is 13.8. The number of carbonyl (C=O) groups is 1. The molecule has 1 aromatic heterocycles. The molecule has 0 bridgehead atoms. The van der Waals surface area contributed by atoms with E-state index in [-0.39, 0.29) is 17.5 Å². The second kappa shape index (κ2) is 7.86. The van der Waals surface area contributed by atoms with Gasteiger partial charge in [-0.2, -0.15) is 5.26 Å². The third kappa shape index (κ3) is 4.20. The molecule has 0 radical (unpaired) electrons. The van der Waals surface area contributed by atoms with Gasteiger partial charge in [0.15, 0.2) is 0 Å². The fourth-order valence-corrected chi connectivity index (χ4v) is 3.12. The molecule has 0 saturated carbocycles.